The van der Waals surface area contributed by atoms with Gasteiger partial charge in [0.15, 0.2) is 0 Å². The maximum absolute atomic E-state index is 10.2. The number of benzene rings is 1. The van der Waals surface area contributed by atoms with Crippen molar-refractivity contribution >= 4 is 11.8 Å². The Morgan fingerprint density at radius 1 is 1.28 bits per heavy atom. The zero-order valence-electron chi connectivity index (χ0n) is 11.4. The van der Waals surface area contributed by atoms with E-state index in [1.807, 2.05) is 11.8 Å². The van der Waals surface area contributed by atoms with Crippen LogP contribution in [0.15, 0.2) is 35.2 Å². The molecule has 0 bridgehead atoms. The van der Waals surface area contributed by atoms with Gasteiger partial charge in [-0.2, -0.15) is 0 Å². The van der Waals surface area contributed by atoms with Gasteiger partial charge in [-0.25, -0.2) is 0 Å². The Kier molecular flexibility index (Phi) is 5.13. The molecule has 1 nitrogen and oxygen atoms in total. The summed E-state index contributed by atoms with van der Waals surface area (Å²) >= 11 is 1.91. The van der Waals surface area contributed by atoms with Crippen molar-refractivity contribution in [1.29, 1.82) is 0 Å². The van der Waals surface area contributed by atoms with Crippen molar-refractivity contribution in [3.8, 4) is 0 Å². The molecule has 1 aromatic rings. The molecule has 4 atom stereocenters. The van der Waals surface area contributed by atoms with Gasteiger partial charge in [0.1, 0.15) is 0 Å². The first kappa shape index (κ1) is 14.0. The first-order chi connectivity index (χ1) is 8.66. The summed E-state index contributed by atoms with van der Waals surface area (Å²) in [4.78, 5) is 1.34. The van der Waals surface area contributed by atoms with Crippen molar-refractivity contribution in [3.63, 3.8) is 0 Å². The van der Waals surface area contributed by atoms with E-state index in [9.17, 15) is 5.11 Å². The summed E-state index contributed by atoms with van der Waals surface area (Å²) in [7, 11) is 0. The molecular weight excluding hydrogens is 240 g/mol. The lowest BCUT2D eigenvalue weighted by atomic mass is 9.75. The van der Waals surface area contributed by atoms with Crippen molar-refractivity contribution in [2.45, 2.75) is 44.1 Å². The van der Waals surface area contributed by atoms with Gasteiger partial charge in [0, 0.05) is 10.6 Å². The Balaban J connectivity index is 1.82. The van der Waals surface area contributed by atoms with Crippen LogP contribution >= 0.6 is 11.8 Å². The van der Waals surface area contributed by atoms with Crippen molar-refractivity contribution in [1.82, 2.24) is 0 Å². The fourth-order valence-electron chi connectivity index (χ4n) is 2.91. The summed E-state index contributed by atoms with van der Waals surface area (Å²) in [6.45, 7) is 4.54. The lowest BCUT2D eigenvalue weighted by Crippen LogP contribution is -2.33. The summed E-state index contributed by atoms with van der Waals surface area (Å²) in [5.74, 6) is 2.90. The van der Waals surface area contributed by atoms with Crippen LogP contribution in [0, 0.1) is 17.8 Å². The fraction of sp³-hybridized carbons (Fsp3) is 0.625. The van der Waals surface area contributed by atoms with Crippen LogP contribution in [0.25, 0.3) is 0 Å². The van der Waals surface area contributed by atoms with Gasteiger partial charge in [0.2, 0.25) is 0 Å². The second-order valence-corrected chi connectivity index (χ2v) is 6.84. The van der Waals surface area contributed by atoms with E-state index in [4.69, 9.17) is 0 Å². The molecule has 2 heteroatoms. The van der Waals surface area contributed by atoms with E-state index >= 15 is 0 Å². The van der Waals surface area contributed by atoms with E-state index < -0.39 is 0 Å². The predicted molar refractivity (Wildman–Crippen MR) is 78.8 cm³/mol. The molecule has 1 aliphatic rings. The SMILES string of the molecule is C[C@@H]1CC[C@@H]([C@H](C)CSc2ccccc2)[C@H](O)C1. The van der Waals surface area contributed by atoms with Gasteiger partial charge < -0.3 is 5.11 Å². The number of hydrogen-bond acceptors (Lipinski definition) is 2. The predicted octanol–water partition coefficient (Wildman–Crippen LogP) is 4.21. The van der Waals surface area contributed by atoms with Gasteiger partial charge in [-0.3, -0.25) is 0 Å². The van der Waals surface area contributed by atoms with E-state index in [0.717, 1.165) is 12.2 Å². The molecule has 0 heterocycles. The summed E-state index contributed by atoms with van der Waals surface area (Å²) in [6.07, 6.45) is 3.38. The molecule has 18 heavy (non-hydrogen) atoms. The maximum Gasteiger partial charge on any atom is 0.0573 e. The van der Waals surface area contributed by atoms with Gasteiger partial charge in [0.25, 0.3) is 0 Å². The van der Waals surface area contributed by atoms with Crippen LogP contribution in [0.4, 0.5) is 0 Å². The lowest BCUT2D eigenvalue weighted by Gasteiger charge is -2.35. The third-order valence-corrected chi connectivity index (χ3v) is 5.42. The van der Waals surface area contributed by atoms with Crippen molar-refractivity contribution in [3.05, 3.63) is 30.3 Å². The number of rotatable bonds is 4. The van der Waals surface area contributed by atoms with Gasteiger partial charge in [-0.15, -0.1) is 11.8 Å². The highest BCUT2D eigenvalue weighted by Gasteiger charge is 2.30. The molecule has 2 rings (SSSR count). The number of aliphatic hydroxyl groups excluding tert-OH is 1. The zero-order chi connectivity index (χ0) is 13.0. The van der Waals surface area contributed by atoms with Crippen LogP contribution in [0.3, 0.4) is 0 Å². The normalized spacial score (nSPS) is 30.1. The van der Waals surface area contributed by atoms with Crippen LogP contribution in [0.5, 0.6) is 0 Å². The number of hydrogen-bond donors (Lipinski definition) is 1. The molecule has 0 amide bonds. The van der Waals surface area contributed by atoms with Crippen molar-refractivity contribution in [2.75, 3.05) is 5.75 Å². The first-order valence-electron chi connectivity index (χ1n) is 7.02. The second kappa shape index (κ2) is 6.63. The second-order valence-electron chi connectivity index (χ2n) is 5.75. The van der Waals surface area contributed by atoms with Crippen molar-refractivity contribution < 1.29 is 5.11 Å². The molecule has 1 aromatic carbocycles. The highest BCUT2D eigenvalue weighted by molar-refractivity contribution is 7.99. The molecule has 0 radical (unpaired) electrons. The van der Waals surface area contributed by atoms with Gasteiger partial charge in [-0.05, 0) is 42.7 Å². The largest absolute Gasteiger partial charge is 0.393 e. The Morgan fingerprint density at radius 3 is 2.67 bits per heavy atom. The van der Waals surface area contributed by atoms with E-state index in [-0.39, 0.29) is 6.10 Å². The van der Waals surface area contributed by atoms with Crippen LogP contribution < -0.4 is 0 Å². The molecule has 1 fully saturated rings. The molecule has 0 aliphatic heterocycles. The Hall–Kier alpha value is -0.470. The summed E-state index contributed by atoms with van der Waals surface area (Å²) in [6, 6.07) is 10.6. The van der Waals surface area contributed by atoms with E-state index in [0.29, 0.717) is 17.8 Å². The molecular formula is C16H24OS. The maximum atomic E-state index is 10.2. The average molecular weight is 264 g/mol. The first-order valence-corrected chi connectivity index (χ1v) is 8.01. The lowest BCUT2D eigenvalue weighted by molar-refractivity contribution is 0.0275. The van der Waals surface area contributed by atoms with Crippen molar-refractivity contribution in [2.24, 2.45) is 17.8 Å². The Labute approximate surface area is 115 Å². The number of aliphatic hydroxyl groups is 1. The third kappa shape index (κ3) is 3.76. The molecule has 1 N–H and O–H groups in total. The third-order valence-electron chi connectivity index (χ3n) is 4.12. The Morgan fingerprint density at radius 2 is 2.00 bits per heavy atom. The fourth-order valence-corrected chi connectivity index (χ4v) is 3.96. The molecule has 0 aromatic heterocycles. The standard InChI is InChI=1S/C16H24OS/c1-12-8-9-15(16(17)10-12)13(2)11-18-14-6-4-3-5-7-14/h3-7,12-13,15-17H,8-11H2,1-2H3/t12-,13-,15+,16-/m1/s1. The highest BCUT2D eigenvalue weighted by atomic mass is 32.2. The summed E-state index contributed by atoms with van der Waals surface area (Å²) in [5.41, 5.74) is 0. The minimum Gasteiger partial charge on any atom is -0.393 e. The van der Waals surface area contributed by atoms with Crippen LogP contribution in [-0.2, 0) is 0 Å². The van der Waals surface area contributed by atoms with E-state index in [2.05, 4.69) is 44.2 Å². The molecule has 100 valence electrons. The zero-order valence-corrected chi connectivity index (χ0v) is 12.2. The quantitative estimate of drug-likeness (QED) is 0.822. The molecule has 0 spiro atoms. The highest BCUT2D eigenvalue weighted by Crippen LogP contribution is 2.35. The Bertz CT molecular complexity index is 351. The minimum absolute atomic E-state index is 0.0832. The van der Waals surface area contributed by atoms with E-state index in [1.165, 1.54) is 17.7 Å². The molecule has 1 saturated carbocycles. The molecule has 0 unspecified atom stereocenters. The van der Waals surface area contributed by atoms with Gasteiger partial charge in [0.05, 0.1) is 6.10 Å². The van der Waals surface area contributed by atoms with Gasteiger partial charge >= 0.3 is 0 Å². The van der Waals surface area contributed by atoms with Gasteiger partial charge in [-0.1, -0.05) is 38.5 Å². The van der Waals surface area contributed by atoms with Crippen LogP contribution in [0.2, 0.25) is 0 Å². The monoisotopic (exact) mass is 264 g/mol. The van der Waals surface area contributed by atoms with Crippen LogP contribution in [-0.4, -0.2) is 17.0 Å². The average Bonchev–Trinajstić information content (AvgIpc) is 2.37. The minimum atomic E-state index is -0.0832. The van der Waals surface area contributed by atoms with E-state index in [1.54, 1.807) is 0 Å². The van der Waals surface area contributed by atoms with Crippen LogP contribution in [0.1, 0.15) is 33.1 Å². The topological polar surface area (TPSA) is 20.2 Å². The molecule has 1 aliphatic carbocycles. The summed E-state index contributed by atoms with van der Waals surface area (Å²) in [5, 5.41) is 10.2. The molecule has 0 saturated heterocycles. The smallest absolute Gasteiger partial charge is 0.0573 e. The number of thioether (sulfide) groups is 1. The summed E-state index contributed by atoms with van der Waals surface area (Å²) < 4.78 is 0.